The molecule has 0 aromatic carbocycles. The fourth-order valence-corrected chi connectivity index (χ4v) is 5.02. The van der Waals surface area contributed by atoms with E-state index in [2.05, 4.69) is 10.6 Å². The second-order valence-corrected chi connectivity index (χ2v) is 8.86. The van der Waals surface area contributed by atoms with Crippen molar-refractivity contribution in [2.45, 2.75) is 102 Å². The predicted molar refractivity (Wildman–Crippen MR) is 105 cm³/mol. The highest BCUT2D eigenvalue weighted by atomic mass is 19.1. The maximum Gasteiger partial charge on any atom is 0.241 e. The normalized spacial score (nSPS) is 34.3. The van der Waals surface area contributed by atoms with E-state index in [4.69, 9.17) is 4.74 Å². The van der Waals surface area contributed by atoms with E-state index in [1.807, 2.05) is 13.8 Å². The lowest BCUT2D eigenvalue weighted by Gasteiger charge is -2.38. The van der Waals surface area contributed by atoms with Gasteiger partial charge in [0.05, 0.1) is 18.8 Å². The molecule has 0 radical (unpaired) electrons. The average Bonchev–Trinajstić information content (AvgIpc) is 3.15. The molecule has 2 saturated heterocycles. The number of piperidine rings is 1. The topological polar surface area (TPSA) is 53.6 Å². The molecule has 4 atom stereocenters. The molecule has 0 aromatic rings. The number of hydrogen-bond donors (Lipinski definition) is 2. The molecule has 156 valence electrons. The second kappa shape index (κ2) is 10.2. The summed E-state index contributed by atoms with van der Waals surface area (Å²) in [5.74, 6) is 0.602. The monoisotopic (exact) mass is 383 g/mol. The van der Waals surface area contributed by atoms with Crippen LogP contribution in [0.1, 0.15) is 71.6 Å². The molecule has 5 nitrogen and oxygen atoms in total. The highest BCUT2D eigenvalue weighted by Crippen LogP contribution is 2.28. The molecule has 2 heterocycles. The quantitative estimate of drug-likeness (QED) is 0.784. The summed E-state index contributed by atoms with van der Waals surface area (Å²) in [6, 6.07) is -0.0381. The first-order chi connectivity index (χ1) is 13.1. The lowest BCUT2D eigenvalue weighted by molar-refractivity contribution is -0.141. The Morgan fingerprint density at radius 3 is 2.33 bits per heavy atom. The molecule has 2 aliphatic heterocycles. The van der Waals surface area contributed by atoms with Gasteiger partial charge in [0.15, 0.2) is 0 Å². The molecule has 0 bridgehead atoms. The molecule has 3 rings (SSSR count). The zero-order chi connectivity index (χ0) is 19.2. The molecule has 1 aliphatic carbocycles. The number of halogens is 1. The van der Waals surface area contributed by atoms with Crippen molar-refractivity contribution in [1.82, 2.24) is 15.5 Å². The number of likely N-dealkylation sites (tertiary alicyclic amines) is 1. The maximum atomic E-state index is 14.5. The molecule has 1 amide bonds. The molecular formula is C21H38FN3O2. The maximum absolute atomic E-state index is 14.5. The van der Waals surface area contributed by atoms with Crippen LogP contribution in [0.5, 0.6) is 0 Å². The number of alkyl halides is 1. The van der Waals surface area contributed by atoms with Gasteiger partial charge in [-0.1, -0.05) is 38.5 Å². The Balaban J connectivity index is 1.58. The van der Waals surface area contributed by atoms with E-state index in [1.165, 1.54) is 51.4 Å². The summed E-state index contributed by atoms with van der Waals surface area (Å²) < 4.78 is 20.2. The van der Waals surface area contributed by atoms with Gasteiger partial charge in [-0.05, 0) is 39.0 Å². The lowest BCUT2D eigenvalue weighted by atomic mass is 9.85. The van der Waals surface area contributed by atoms with Crippen molar-refractivity contribution in [3.05, 3.63) is 0 Å². The van der Waals surface area contributed by atoms with Crippen molar-refractivity contribution in [2.75, 3.05) is 19.8 Å². The van der Waals surface area contributed by atoms with E-state index < -0.39 is 6.17 Å². The molecular weight excluding hydrogens is 345 g/mol. The largest absolute Gasteiger partial charge is 0.372 e. The van der Waals surface area contributed by atoms with Gasteiger partial charge in [-0.3, -0.25) is 15.4 Å². The van der Waals surface area contributed by atoms with Crippen molar-refractivity contribution in [1.29, 1.82) is 0 Å². The number of carbonyl (C=O) groups is 1. The van der Waals surface area contributed by atoms with Gasteiger partial charge in [0.2, 0.25) is 5.91 Å². The van der Waals surface area contributed by atoms with E-state index >= 15 is 0 Å². The van der Waals surface area contributed by atoms with Gasteiger partial charge in [-0.15, -0.1) is 0 Å². The first-order valence-electron chi connectivity index (χ1n) is 11.1. The predicted octanol–water partition coefficient (Wildman–Crippen LogP) is 2.99. The summed E-state index contributed by atoms with van der Waals surface area (Å²) in [6.45, 7) is 5.28. The van der Waals surface area contributed by atoms with Crippen LogP contribution in [-0.2, 0) is 9.53 Å². The highest BCUT2D eigenvalue weighted by Gasteiger charge is 2.41. The Hall–Kier alpha value is -0.720. The summed E-state index contributed by atoms with van der Waals surface area (Å²) in [5, 5.41) is 6.89. The van der Waals surface area contributed by atoms with Crippen LogP contribution in [0, 0.1) is 5.92 Å². The third kappa shape index (κ3) is 5.64. The van der Waals surface area contributed by atoms with Gasteiger partial charge < -0.3 is 9.64 Å². The van der Waals surface area contributed by atoms with Crippen LogP contribution >= 0.6 is 0 Å². The fraction of sp³-hybridized carbons (Fsp3) is 0.952. The van der Waals surface area contributed by atoms with E-state index in [1.54, 1.807) is 4.90 Å². The average molecular weight is 384 g/mol. The van der Waals surface area contributed by atoms with Gasteiger partial charge in [-0.2, -0.15) is 0 Å². The zero-order valence-electron chi connectivity index (χ0n) is 17.1. The molecule has 0 aromatic heterocycles. The summed E-state index contributed by atoms with van der Waals surface area (Å²) in [7, 11) is 0. The molecule has 3 aliphatic rings. The first-order valence-corrected chi connectivity index (χ1v) is 11.1. The fourth-order valence-electron chi connectivity index (χ4n) is 5.02. The van der Waals surface area contributed by atoms with Gasteiger partial charge in [0.25, 0.3) is 0 Å². The third-order valence-electron chi connectivity index (χ3n) is 6.43. The number of ether oxygens (including phenoxy) is 1. The zero-order valence-corrected chi connectivity index (χ0v) is 17.1. The van der Waals surface area contributed by atoms with Crippen molar-refractivity contribution in [2.24, 2.45) is 5.92 Å². The molecule has 3 fully saturated rings. The van der Waals surface area contributed by atoms with Crippen LogP contribution in [0.4, 0.5) is 4.39 Å². The molecule has 6 heteroatoms. The third-order valence-corrected chi connectivity index (χ3v) is 6.43. The Morgan fingerprint density at radius 2 is 1.70 bits per heavy atom. The minimum Gasteiger partial charge on any atom is -0.372 e. The smallest absolute Gasteiger partial charge is 0.241 e. The van der Waals surface area contributed by atoms with E-state index in [0.29, 0.717) is 25.6 Å². The Bertz CT molecular complexity index is 466. The summed E-state index contributed by atoms with van der Waals surface area (Å²) in [6.07, 6.45) is 9.33. The van der Waals surface area contributed by atoms with Gasteiger partial charge in [-0.25, -0.2) is 4.39 Å². The van der Waals surface area contributed by atoms with Crippen molar-refractivity contribution < 1.29 is 13.9 Å². The van der Waals surface area contributed by atoms with Crippen LogP contribution < -0.4 is 10.6 Å². The number of rotatable bonds is 4. The minimum absolute atomic E-state index is 0.0176. The Kier molecular flexibility index (Phi) is 7.91. The molecule has 2 N–H and O–H groups in total. The number of hydrogen-bond acceptors (Lipinski definition) is 4. The first kappa shape index (κ1) is 21.0. The van der Waals surface area contributed by atoms with Crippen LogP contribution in [0.2, 0.25) is 0 Å². The molecule has 1 saturated carbocycles. The lowest BCUT2D eigenvalue weighted by Crippen LogP contribution is -2.56. The van der Waals surface area contributed by atoms with Crippen LogP contribution in [0.3, 0.4) is 0 Å². The van der Waals surface area contributed by atoms with Crippen molar-refractivity contribution in [3.8, 4) is 0 Å². The van der Waals surface area contributed by atoms with Gasteiger partial charge in [0.1, 0.15) is 12.2 Å². The number of carbonyl (C=O) groups excluding carboxylic acids is 1. The molecule has 0 spiro atoms. The van der Waals surface area contributed by atoms with E-state index in [0.717, 1.165) is 0 Å². The highest BCUT2D eigenvalue weighted by molar-refractivity contribution is 5.83. The summed E-state index contributed by atoms with van der Waals surface area (Å²) in [5.41, 5.74) is 0. The summed E-state index contributed by atoms with van der Waals surface area (Å²) in [4.78, 5) is 14.9. The van der Waals surface area contributed by atoms with Gasteiger partial charge >= 0.3 is 0 Å². The van der Waals surface area contributed by atoms with Crippen molar-refractivity contribution >= 4 is 5.91 Å². The van der Waals surface area contributed by atoms with E-state index in [9.17, 15) is 9.18 Å². The molecule has 27 heavy (non-hydrogen) atoms. The SMILES string of the molecule is CC(C)O[C@H]1CCN(C(=O)C2NCNC2C2CCCCCCCC2)C[C@H]1F. The Labute approximate surface area is 163 Å². The molecule has 2 unspecified atom stereocenters. The number of amides is 1. The van der Waals surface area contributed by atoms with Gasteiger partial charge in [0, 0.05) is 19.3 Å². The van der Waals surface area contributed by atoms with Crippen LogP contribution in [0.15, 0.2) is 0 Å². The van der Waals surface area contributed by atoms with Crippen molar-refractivity contribution in [3.63, 3.8) is 0 Å². The van der Waals surface area contributed by atoms with E-state index in [-0.39, 0.29) is 36.7 Å². The number of nitrogens with one attached hydrogen (secondary N) is 2. The standard InChI is InChI=1S/C21H38FN3O2/c1-15(2)27-18-11-12-25(13-17(18)22)21(26)20-19(23-14-24-20)16-9-7-5-3-4-6-8-10-16/h15-20,23-24H,3-14H2,1-2H3/t17-,18+,19?,20?/m1/s1. The minimum atomic E-state index is -1.09. The Morgan fingerprint density at radius 1 is 1.04 bits per heavy atom. The van der Waals surface area contributed by atoms with Crippen LogP contribution in [-0.4, -0.2) is 61.0 Å². The number of nitrogens with zero attached hydrogens (tertiary/aromatic N) is 1. The summed E-state index contributed by atoms with van der Waals surface area (Å²) >= 11 is 0. The van der Waals surface area contributed by atoms with Crippen LogP contribution in [0.25, 0.3) is 0 Å². The second-order valence-electron chi connectivity index (χ2n) is 8.86.